The maximum absolute atomic E-state index is 14.0. The number of nitrogens with one attached hydrogen (secondary N) is 1. The van der Waals surface area contributed by atoms with E-state index in [1.807, 2.05) is 13.0 Å². The first-order valence-electron chi connectivity index (χ1n) is 13.1. The minimum atomic E-state index is -3.53. The maximum atomic E-state index is 14.0. The third-order valence-electron chi connectivity index (χ3n) is 7.03. The van der Waals surface area contributed by atoms with Crippen LogP contribution in [0.4, 0.5) is 11.4 Å². The van der Waals surface area contributed by atoms with E-state index in [2.05, 4.69) is 55.3 Å². The summed E-state index contributed by atoms with van der Waals surface area (Å²) < 4.78 is 53.2. The van der Waals surface area contributed by atoms with E-state index in [-0.39, 0.29) is 17.1 Å². The molecule has 0 radical (unpaired) electrons. The van der Waals surface area contributed by atoms with Gasteiger partial charge >= 0.3 is 10.6 Å². The SMILES string of the molecule is CCCCC1(CCCC)CN(c2ccc(C)cc2)c2cc(C)c(CNC(C)=O)cc2S(=O)(=O)C1.O=S(=O)=O. The van der Waals surface area contributed by atoms with Gasteiger partial charge in [-0.15, -0.1) is 12.6 Å². The van der Waals surface area contributed by atoms with Crippen molar-refractivity contribution in [1.29, 1.82) is 0 Å². The lowest BCUT2D eigenvalue weighted by molar-refractivity contribution is -0.119. The van der Waals surface area contributed by atoms with Crippen molar-refractivity contribution in [3.8, 4) is 0 Å². The molecule has 10 heteroatoms. The Morgan fingerprint density at radius 1 is 1.00 bits per heavy atom. The number of sulfone groups is 1. The molecule has 0 fully saturated rings. The zero-order chi connectivity index (χ0) is 28.5. The molecule has 3 rings (SSSR count). The number of rotatable bonds is 9. The summed E-state index contributed by atoms with van der Waals surface area (Å²) in [6.07, 6.45) is 5.93. The molecule has 210 valence electrons. The fourth-order valence-corrected chi connectivity index (χ4v) is 7.17. The number of benzene rings is 2. The number of hydrogen-bond donors (Lipinski definition) is 1. The van der Waals surface area contributed by atoms with Crippen molar-refractivity contribution in [2.75, 3.05) is 17.2 Å². The van der Waals surface area contributed by atoms with Gasteiger partial charge in [0.15, 0.2) is 9.84 Å². The first-order valence-corrected chi connectivity index (χ1v) is 15.7. The Balaban J connectivity index is 0.00000118. The molecule has 38 heavy (non-hydrogen) atoms. The smallest absolute Gasteiger partial charge is 0.352 e. The van der Waals surface area contributed by atoms with Crippen LogP contribution in [-0.4, -0.2) is 39.2 Å². The van der Waals surface area contributed by atoms with Crippen LogP contribution < -0.4 is 10.2 Å². The molecule has 0 bridgehead atoms. The molecule has 0 unspecified atom stereocenters. The maximum Gasteiger partial charge on any atom is 0.425 e. The third kappa shape index (κ3) is 8.66. The zero-order valence-electron chi connectivity index (χ0n) is 23.0. The van der Waals surface area contributed by atoms with E-state index >= 15 is 0 Å². The van der Waals surface area contributed by atoms with Crippen molar-refractivity contribution >= 4 is 37.7 Å². The largest absolute Gasteiger partial charge is 0.425 e. The molecule has 8 nitrogen and oxygen atoms in total. The second-order valence-electron chi connectivity index (χ2n) is 10.2. The van der Waals surface area contributed by atoms with Crippen molar-refractivity contribution < 1.29 is 25.8 Å². The number of fused-ring (bicyclic) bond motifs is 1. The molecule has 2 aromatic rings. The summed E-state index contributed by atoms with van der Waals surface area (Å²) in [5, 5.41) is 2.83. The van der Waals surface area contributed by atoms with Crippen LogP contribution in [0.2, 0.25) is 0 Å². The average Bonchev–Trinajstić information content (AvgIpc) is 2.92. The minimum Gasteiger partial charge on any atom is -0.352 e. The molecule has 0 atom stereocenters. The molecule has 2 aromatic carbocycles. The highest BCUT2D eigenvalue weighted by Gasteiger charge is 2.42. The molecule has 0 spiro atoms. The Hall–Kier alpha value is -2.72. The summed E-state index contributed by atoms with van der Waals surface area (Å²) in [4.78, 5) is 14.1. The fourth-order valence-electron chi connectivity index (χ4n) is 5.02. The number of anilines is 2. The summed E-state index contributed by atoms with van der Waals surface area (Å²) in [7, 11) is -6.64. The molecule has 1 heterocycles. The first-order chi connectivity index (χ1) is 17.8. The van der Waals surface area contributed by atoms with E-state index in [1.165, 1.54) is 12.5 Å². The molecule has 0 saturated heterocycles. The predicted molar refractivity (Wildman–Crippen MR) is 150 cm³/mol. The average molecular weight is 565 g/mol. The summed E-state index contributed by atoms with van der Waals surface area (Å²) in [5.74, 6) is 0.0366. The topological polar surface area (TPSA) is 118 Å². The Labute approximate surface area is 228 Å². The summed E-state index contributed by atoms with van der Waals surface area (Å²) in [6.45, 7) is 10.9. The molecular weight excluding hydrogens is 524 g/mol. The van der Waals surface area contributed by atoms with Gasteiger partial charge < -0.3 is 10.2 Å². The van der Waals surface area contributed by atoms with Crippen LogP contribution in [0.5, 0.6) is 0 Å². The molecule has 1 amide bonds. The zero-order valence-corrected chi connectivity index (χ0v) is 24.7. The minimum absolute atomic E-state index is 0.128. The molecule has 0 saturated carbocycles. The molecule has 0 aromatic heterocycles. The molecular formula is C28H40N2O6S2. The van der Waals surface area contributed by atoms with Gasteiger partial charge in [-0.25, -0.2) is 8.42 Å². The van der Waals surface area contributed by atoms with Gasteiger partial charge in [-0.05, 0) is 62.1 Å². The Morgan fingerprint density at radius 3 is 2.05 bits per heavy atom. The summed E-state index contributed by atoms with van der Waals surface area (Å²) >= 11 is 0. The molecule has 1 N–H and O–H groups in total. The Kier molecular flexibility index (Phi) is 11.5. The van der Waals surface area contributed by atoms with Crippen molar-refractivity contribution in [2.45, 2.75) is 84.6 Å². The number of unbranched alkanes of at least 4 members (excludes halogenated alkanes) is 2. The third-order valence-corrected chi connectivity index (χ3v) is 9.02. The van der Waals surface area contributed by atoms with Crippen LogP contribution in [0.3, 0.4) is 0 Å². The van der Waals surface area contributed by atoms with Gasteiger partial charge in [0.2, 0.25) is 5.91 Å². The standard InChI is InChI=1S/C28H40N2O3S.O3S/c1-6-8-14-28(15-9-7-2)19-30(25-12-10-21(3)11-13-25)26-16-22(4)24(18-29-23(5)31)17-27(26)34(32,33)20-28;1-4(2)3/h10-13,16-17H,6-9,14-15,18-20H2,1-5H3,(H,29,31);. The second-order valence-corrected chi connectivity index (χ2v) is 12.6. The van der Waals surface area contributed by atoms with Gasteiger partial charge in [0.25, 0.3) is 0 Å². The number of nitrogens with zero attached hydrogens (tertiary/aromatic N) is 1. The highest BCUT2D eigenvalue weighted by Crippen LogP contribution is 2.45. The molecule has 1 aliphatic heterocycles. The fraction of sp³-hybridized carbons (Fsp3) is 0.536. The van der Waals surface area contributed by atoms with Crippen molar-refractivity contribution in [3.05, 3.63) is 53.1 Å². The van der Waals surface area contributed by atoms with Gasteiger partial charge in [-0.2, -0.15) is 0 Å². The van der Waals surface area contributed by atoms with Gasteiger partial charge in [-0.1, -0.05) is 57.2 Å². The Morgan fingerprint density at radius 2 is 1.55 bits per heavy atom. The van der Waals surface area contributed by atoms with E-state index in [0.29, 0.717) is 18.0 Å². The van der Waals surface area contributed by atoms with Crippen molar-refractivity contribution in [1.82, 2.24) is 5.32 Å². The van der Waals surface area contributed by atoms with E-state index in [4.69, 9.17) is 12.6 Å². The van der Waals surface area contributed by atoms with Crippen LogP contribution in [0.25, 0.3) is 0 Å². The summed E-state index contributed by atoms with van der Waals surface area (Å²) in [6, 6.07) is 12.2. The quantitative estimate of drug-likeness (QED) is 0.443. The van der Waals surface area contributed by atoms with Crippen molar-refractivity contribution in [2.24, 2.45) is 5.41 Å². The van der Waals surface area contributed by atoms with Gasteiger partial charge in [0.05, 0.1) is 16.3 Å². The lowest BCUT2D eigenvalue weighted by Gasteiger charge is -2.37. The van der Waals surface area contributed by atoms with Crippen LogP contribution in [0.1, 0.15) is 76.0 Å². The van der Waals surface area contributed by atoms with Crippen LogP contribution in [-0.2, 0) is 31.8 Å². The van der Waals surface area contributed by atoms with Crippen LogP contribution in [0.15, 0.2) is 41.3 Å². The highest BCUT2D eigenvalue weighted by molar-refractivity contribution is 7.91. The van der Waals surface area contributed by atoms with Gasteiger partial charge in [0, 0.05) is 31.1 Å². The number of amides is 1. The van der Waals surface area contributed by atoms with Gasteiger partial charge in [-0.3, -0.25) is 4.79 Å². The Bertz CT molecular complexity index is 1310. The monoisotopic (exact) mass is 564 g/mol. The first kappa shape index (κ1) is 31.5. The lowest BCUT2D eigenvalue weighted by Crippen LogP contribution is -2.38. The number of carbonyl (C=O) groups excluding carboxylic acids is 1. The van der Waals surface area contributed by atoms with E-state index in [0.717, 1.165) is 61.0 Å². The molecule has 1 aliphatic rings. The number of aryl methyl sites for hydroxylation is 2. The molecule has 0 aliphatic carbocycles. The normalized spacial score (nSPS) is 15.4. The van der Waals surface area contributed by atoms with E-state index < -0.39 is 20.4 Å². The highest BCUT2D eigenvalue weighted by atomic mass is 32.2. The van der Waals surface area contributed by atoms with Gasteiger partial charge in [0.1, 0.15) is 0 Å². The second kappa shape index (κ2) is 13.9. The summed E-state index contributed by atoms with van der Waals surface area (Å²) in [5.41, 5.74) is 4.47. The van der Waals surface area contributed by atoms with Crippen LogP contribution >= 0.6 is 0 Å². The lowest BCUT2D eigenvalue weighted by atomic mass is 9.79. The van der Waals surface area contributed by atoms with E-state index in [9.17, 15) is 13.2 Å². The number of hydrogen-bond acceptors (Lipinski definition) is 7. The predicted octanol–water partition coefficient (Wildman–Crippen LogP) is 5.23. The number of carbonyl (C=O) groups is 1. The van der Waals surface area contributed by atoms with Crippen LogP contribution in [0, 0.1) is 19.3 Å². The van der Waals surface area contributed by atoms with E-state index in [1.54, 1.807) is 6.07 Å². The van der Waals surface area contributed by atoms with Crippen molar-refractivity contribution in [3.63, 3.8) is 0 Å².